The van der Waals surface area contributed by atoms with E-state index < -0.39 is 24.5 Å². The number of carbonyl (C=O) groups is 5. The highest BCUT2D eigenvalue weighted by atomic mass is 16.5. The van der Waals surface area contributed by atoms with Crippen LogP contribution in [0.2, 0.25) is 0 Å². The molecule has 1 fully saturated rings. The van der Waals surface area contributed by atoms with Crippen molar-refractivity contribution >= 4 is 35.3 Å². The van der Waals surface area contributed by atoms with Crippen molar-refractivity contribution in [3.63, 3.8) is 0 Å². The van der Waals surface area contributed by atoms with Gasteiger partial charge in [0.05, 0.1) is 11.3 Å². The van der Waals surface area contributed by atoms with E-state index in [0.29, 0.717) is 12.2 Å². The number of rotatable bonds is 7. The second-order valence-electron chi connectivity index (χ2n) is 5.93. The zero-order valence-corrected chi connectivity index (χ0v) is 15.1. The van der Waals surface area contributed by atoms with Crippen molar-refractivity contribution in [1.82, 2.24) is 10.6 Å². The molecule has 0 radical (unpaired) electrons. The molecule has 0 unspecified atom stereocenters. The van der Waals surface area contributed by atoms with Crippen LogP contribution >= 0.6 is 0 Å². The molecule has 9 heteroatoms. The molecule has 27 heavy (non-hydrogen) atoms. The number of nitrogens with one attached hydrogen (secondary N) is 2. The minimum Gasteiger partial charge on any atom is -0.452 e. The summed E-state index contributed by atoms with van der Waals surface area (Å²) in [5.41, 5.74) is 0.551. The van der Waals surface area contributed by atoms with Crippen molar-refractivity contribution in [2.45, 2.75) is 32.7 Å². The summed E-state index contributed by atoms with van der Waals surface area (Å²) < 4.78 is 4.91. The van der Waals surface area contributed by atoms with E-state index in [1.807, 2.05) is 0 Å². The quantitative estimate of drug-likeness (QED) is 0.516. The molecule has 1 aliphatic heterocycles. The van der Waals surface area contributed by atoms with E-state index in [4.69, 9.17) is 4.74 Å². The lowest BCUT2D eigenvalue weighted by Crippen LogP contribution is -2.46. The number of anilines is 1. The molecule has 0 bridgehead atoms. The molecule has 0 aliphatic carbocycles. The van der Waals surface area contributed by atoms with Gasteiger partial charge in [-0.1, -0.05) is 0 Å². The maximum Gasteiger partial charge on any atom is 0.338 e. The van der Waals surface area contributed by atoms with Crippen molar-refractivity contribution in [2.75, 3.05) is 18.1 Å². The fraction of sp³-hybridized carbons (Fsp3) is 0.389. The molecule has 1 heterocycles. The highest BCUT2D eigenvalue weighted by Gasteiger charge is 2.30. The highest BCUT2D eigenvalue weighted by Crippen LogP contribution is 2.22. The molecule has 1 aromatic carbocycles. The van der Waals surface area contributed by atoms with Gasteiger partial charge in [-0.25, -0.2) is 4.79 Å². The minimum atomic E-state index is -0.744. The van der Waals surface area contributed by atoms with Crippen LogP contribution in [-0.4, -0.2) is 48.8 Å². The Balaban J connectivity index is 1.87. The molecule has 0 aromatic heterocycles. The molecule has 1 saturated heterocycles. The van der Waals surface area contributed by atoms with Crippen molar-refractivity contribution in [3.8, 4) is 0 Å². The van der Waals surface area contributed by atoms with Gasteiger partial charge in [0.1, 0.15) is 6.04 Å². The van der Waals surface area contributed by atoms with Crippen LogP contribution in [0, 0.1) is 0 Å². The zero-order valence-electron chi connectivity index (χ0n) is 15.1. The van der Waals surface area contributed by atoms with Gasteiger partial charge in [0.15, 0.2) is 6.61 Å². The predicted molar refractivity (Wildman–Crippen MR) is 94.7 cm³/mol. The fourth-order valence-corrected chi connectivity index (χ4v) is 2.50. The van der Waals surface area contributed by atoms with E-state index in [-0.39, 0.29) is 36.1 Å². The SMILES string of the molecule is CCNC(=O)[C@@H](C)NC(=O)COC(=O)c1ccc(N2C(=O)CCC2=O)cc1. The fourth-order valence-electron chi connectivity index (χ4n) is 2.50. The Morgan fingerprint density at radius 3 is 2.26 bits per heavy atom. The number of ether oxygens (including phenoxy) is 1. The Morgan fingerprint density at radius 1 is 1.11 bits per heavy atom. The lowest BCUT2D eigenvalue weighted by atomic mass is 10.2. The van der Waals surface area contributed by atoms with Gasteiger partial charge in [0.25, 0.3) is 5.91 Å². The molecule has 4 amide bonds. The van der Waals surface area contributed by atoms with Crippen molar-refractivity contribution < 1.29 is 28.7 Å². The molecule has 0 saturated carbocycles. The smallest absolute Gasteiger partial charge is 0.338 e. The number of likely N-dealkylation sites (N-methyl/N-ethyl adjacent to an activating group) is 1. The monoisotopic (exact) mass is 375 g/mol. The summed E-state index contributed by atoms with van der Waals surface area (Å²) in [7, 11) is 0. The van der Waals surface area contributed by atoms with Crippen LogP contribution in [-0.2, 0) is 23.9 Å². The number of benzene rings is 1. The average molecular weight is 375 g/mol. The molecule has 2 N–H and O–H groups in total. The summed E-state index contributed by atoms with van der Waals surface area (Å²) >= 11 is 0. The summed E-state index contributed by atoms with van der Waals surface area (Å²) in [6, 6.07) is 5.01. The average Bonchev–Trinajstić information content (AvgIpc) is 2.98. The van der Waals surface area contributed by atoms with E-state index >= 15 is 0 Å². The van der Waals surface area contributed by atoms with Crippen molar-refractivity contribution in [1.29, 1.82) is 0 Å². The van der Waals surface area contributed by atoms with Gasteiger partial charge in [0.2, 0.25) is 17.7 Å². The van der Waals surface area contributed by atoms with Gasteiger partial charge in [-0.05, 0) is 38.1 Å². The summed E-state index contributed by atoms with van der Waals surface area (Å²) in [4.78, 5) is 59.8. The van der Waals surface area contributed by atoms with Crippen LogP contribution in [0.1, 0.15) is 37.0 Å². The van der Waals surface area contributed by atoms with Crippen LogP contribution in [0.3, 0.4) is 0 Å². The minimum absolute atomic E-state index is 0.169. The molecule has 1 aromatic rings. The highest BCUT2D eigenvalue weighted by molar-refractivity contribution is 6.19. The third kappa shape index (κ3) is 5.13. The summed E-state index contributed by atoms with van der Waals surface area (Å²) in [6.45, 7) is 3.19. The van der Waals surface area contributed by atoms with Gasteiger partial charge in [-0.15, -0.1) is 0 Å². The van der Waals surface area contributed by atoms with Crippen LogP contribution < -0.4 is 15.5 Å². The molecule has 2 rings (SSSR count). The van der Waals surface area contributed by atoms with Crippen molar-refractivity contribution in [2.24, 2.45) is 0 Å². The summed E-state index contributed by atoms with van der Waals surface area (Å²) in [5, 5.41) is 4.98. The first-order valence-corrected chi connectivity index (χ1v) is 8.53. The second-order valence-corrected chi connectivity index (χ2v) is 5.93. The number of esters is 1. The lowest BCUT2D eigenvalue weighted by Gasteiger charge is -2.14. The van der Waals surface area contributed by atoms with E-state index in [2.05, 4.69) is 10.6 Å². The Hall–Kier alpha value is -3.23. The Morgan fingerprint density at radius 2 is 1.70 bits per heavy atom. The normalized spacial score (nSPS) is 14.7. The number of imide groups is 1. The molecule has 144 valence electrons. The maximum atomic E-state index is 12.0. The first-order valence-electron chi connectivity index (χ1n) is 8.53. The number of carbonyl (C=O) groups excluding carboxylic acids is 5. The molecular formula is C18H21N3O6. The maximum absolute atomic E-state index is 12.0. The Labute approximate surface area is 156 Å². The third-order valence-corrected chi connectivity index (χ3v) is 3.87. The molecular weight excluding hydrogens is 354 g/mol. The van der Waals surface area contributed by atoms with E-state index in [1.165, 1.54) is 31.2 Å². The largest absolute Gasteiger partial charge is 0.452 e. The molecule has 1 aliphatic rings. The van der Waals surface area contributed by atoms with E-state index in [0.717, 1.165) is 4.90 Å². The van der Waals surface area contributed by atoms with E-state index in [9.17, 15) is 24.0 Å². The molecule has 9 nitrogen and oxygen atoms in total. The van der Waals surface area contributed by atoms with Crippen molar-refractivity contribution in [3.05, 3.63) is 29.8 Å². The van der Waals surface area contributed by atoms with Gasteiger partial charge in [-0.2, -0.15) is 0 Å². The molecule has 0 spiro atoms. The van der Waals surface area contributed by atoms with Gasteiger partial charge in [0, 0.05) is 19.4 Å². The number of hydrogen-bond acceptors (Lipinski definition) is 6. The second kappa shape index (κ2) is 8.93. The topological polar surface area (TPSA) is 122 Å². The Bertz CT molecular complexity index is 743. The Kier molecular flexibility index (Phi) is 6.64. The van der Waals surface area contributed by atoms with Crippen LogP contribution in [0.15, 0.2) is 24.3 Å². The van der Waals surface area contributed by atoms with Gasteiger partial charge < -0.3 is 15.4 Å². The van der Waals surface area contributed by atoms with Gasteiger partial charge >= 0.3 is 5.97 Å². The van der Waals surface area contributed by atoms with Crippen LogP contribution in [0.5, 0.6) is 0 Å². The van der Waals surface area contributed by atoms with Crippen LogP contribution in [0.25, 0.3) is 0 Å². The number of nitrogens with zero attached hydrogens (tertiary/aromatic N) is 1. The molecule has 1 atom stereocenters. The number of amides is 4. The number of hydrogen-bond donors (Lipinski definition) is 2. The standard InChI is InChI=1S/C18H21N3O6/c1-3-19-17(25)11(2)20-14(22)10-27-18(26)12-4-6-13(7-5-12)21-15(23)8-9-16(21)24/h4-7,11H,3,8-10H2,1-2H3,(H,19,25)(H,20,22)/t11-/m1/s1. The van der Waals surface area contributed by atoms with E-state index in [1.54, 1.807) is 6.92 Å². The lowest BCUT2D eigenvalue weighted by molar-refractivity contribution is -0.130. The van der Waals surface area contributed by atoms with Gasteiger partial charge in [-0.3, -0.25) is 24.1 Å². The van der Waals surface area contributed by atoms with Crippen LogP contribution in [0.4, 0.5) is 5.69 Å². The summed E-state index contributed by atoms with van der Waals surface area (Å²) in [5.74, 6) is -2.24. The third-order valence-electron chi connectivity index (χ3n) is 3.87. The predicted octanol–water partition coefficient (Wildman–Crippen LogP) is 0.138. The first kappa shape index (κ1) is 20.1. The first-order chi connectivity index (χ1) is 12.8. The zero-order chi connectivity index (χ0) is 20.0. The summed E-state index contributed by atoms with van der Waals surface area (Å²) in [6.07, 6.45) is 0.346.